The molecule has 2 rings (SSSR count). The van der Waals surface area contributed by atoms with Crippen molar-refractivity contribution in [1.29, 1.82) is 0 Å². The largest absolute Gasteiger partial charge is 0.497 e. The van der Waals surface area contributed by atoms with Gasteiger partial charge in [0.05, 0.1) is 13.7 Å². The lowest BCUT2D eigenvalue weighted by Gasteiger charge is -2.21. The van der Waals surface area contributed by atoms with Gasteiger partial charge in [0.2, 0.25) is 0 Å². The summed E-state index contributed by atoms with van der Waals surface area (Å²) in [5.41, 5.74) is 1.21. The van der Waals surface area contributed by atoms with Crippen LogP contribution in [-0.4, -0.2) is 24.1 Å². The van der Waals surface area contributed by atoms with Gasteiger partial charge in [-0.05, 0) is 31.0 Å². The van der Waals surface area contributed by atoms with E-state index in [2.05, 4.69) is 29.4 Å². The molecule has 1 saturated heterocycles. The normalized spacial score (nSPS) is 22.2. The molecule has 1 aliphatic rings. The van der Waals surface area contributed by atoms with Crippen LogP contribution in [0.15, 0.2) is 29.3 Å². The van der Waals surface area contributed by atoms with Crippen molar-refractivity contribution >= 4 is 16.9 Å². The van der Waals surface area contributed by atoms with E-state index in [-0.39, 0.29) is 0 Å². The maximum Gasteiger partial charge on any atom is 0.157 e. The Morgan fingerprint density at radius 3 is 2.82 bits per heavy atom. The zero-order valence-corrected chi connectivity index (χ0v) is 11.1. The molecule has 0 radical (unpaired) electrons. The van der Waals surface area contributed by atoms with E-state index in [0.29, 0.717) is 6.04 Å². The van der Waals surface area contributed by atoms with Crippen LogP contribution in [0.25, 0.3) is 0 Å². The van der Waals surface area contributed by atoms with Crippen molar-refractivity contribution in [2.45, 2.75) is 25.9 Å². The Morgan fingerprint density at radius 2 is 2.18 bits per heavy atom. The van der Waals surface area contributed by atoms with Crippen LogP contribution in [0.1, 0.15) is 18.9 Å². The lowest BCUT2D eigenvalue weighted by molar-refractivity contribution is 0.414. The maximum absolute atomic E-state index is 5.13. The minimum atomic E-state index is 0.547. The van der Waals surface area contributed by atoms with Gasteiger partial charge in [0.25, 0.3) is 0 Å². The van der Waals surface area contributed by atoms with Crippen LogP contribution in [-0.2, 0) is 6.54 Å². The molecular weight excluding hydrogens is 232 g/mol. The molecule has 1 aromatic carbocycles. The van der Waals surface area contributed by atoms with Gasteiger partial charge in [0, 0.05) is 11.8 Å². The lowest BCUT2D eigenvalue weighted by Crippen LogP contribution is -2.35. The first-order chi connectivity index (χ1) is 8.28. The van der Waals surface area contributed by atoms with Crippen LogP contribution in [0.5, 0.6) is 5.75 Å². The van der Waals surface area contributed by atoms with Gasteiger partial charge in [0.1, 0.15) is 5.75 Å². The highest BCUT2D eigenvalue weighted by Gasteiger charge is 2.12. The molecule has 1 atom stereocenters. The van der Waals surface area contributed by atoms with E-state index in [4.69, 9.17) is 4.74 Å². The summed E-state index contributed by atoms with van der Waals surface area (Å²) in [5.74, 6) is 2.05. The lowest BCUT2D eigenvalue weighted by atomic mass is 10.2. The Labute approximate surface area is 107 Å². The summed E-state index contributed by atoms with van der Waals surface area (Å²) in [5, 5.41) is 4.47. The molecule has 17 heavy (non-hydrogen) atoms. The Kier molecular flexibility index (Phi) is 4.31. The Bertz CT molecular complexity index is 389. The third-order valence-electron chi connectivity index (χ3n) is 2.72. The number of methoxy groups -OCH3 is 1. The number of aliphatic imine (C=N–C) groups is 1. The van der Waals surface area contributed by atoms with Crippen molar-refractivity contribution in [3.8, 4) is 5.75 Å². The predicted molar refractivity (Wildman–Crippen MR) is 73.8 cm³/mol. The molecular formula is C13H18N2OS. The number of nitrogens with zero attached hydrogens (tertiary/aromatic N) is 1. The van der Waals surface area contributed by atoms with E-state index in [1.54, 1.807) is 7.11 Å². The molecule has 1 unspecified atom stereocenters. The summed E-state index contributed by atoms with van der Waals surface area (Å²) >= 11 is 1.81. The van der Waals surface area contributed by atoms with E-state index in [1.165, 1.54) is 12.0 Å². The Hall–Kier alpha value is -1.16. The zero-order chi connectivity index (χ0) is 12.1. The standard InChI is InChI=1S/C13H18N2OS/c1-10-7-8-17-13(15-10)14-9-11-3-5-12(16-2)6-4-11/h3-6,10H,7-9H2,1-2H3,(H,14,15). The zero-order valence-electron chi connectivity index (χ0n) is 10.3. The van der Waals surface area contributed by atoms with E-state index in [0.717, 1.165) is 23.2 Å². The minimum absolute atomic E-state index is 0.547. The van der Waals surface area contributed by atoms with Crippen LogP contribution < -0.4 is 10.1 Å². The average Bonchev–Trinajstić information content (AvgIpc) is 2.37. The molecule has 0 spiro atoms. The number of ether oxygens (including phenoxy) is 1. The smallest absolute Gasteiger partial charge is 0.157 e. The van der Waals surface area contributed by atoms with Crippen molar-refractivity contribution in [3.05, 3.63) is 29.8 Å². The molecule has 92 valence electrons. The highest BCUT2D eigenvalue weighted by molar-refractivity contribution is 8.13. The van der Waals surface area contributed by atoms with Crippen LogP contribution >= 0.6 is 11.8 Å². The fourth-order valence-corrected chi connectivity index (χ4v) is 2.75. The van der Waals surface area contributed by atoms with Crippen molar-refractivity contribution in [2.75, 3.05) is 12.9 Å². The minimum Gasteiger partial charge on any atom is -0.497 e. The fourth-order valence-electron chi connectivity index (χ4n) is 1.64. The van der Waals surface area contributed by atoms with Crippen molar-refractivity contribution in [3.63, 3.8) is 0 Å². The molecule has 1 aromatic rings. The molecule has 3 nitrogen and oxygen atoms in total. The van der Waals surface area contributed by atoms with Crippen molar-refractivity contribution in [2.24, 2.45) is 4.99 Å². The quantitative estimate of drug-likeness (QED) is 0.895. The number of hydrogen-bond acceptors (Lipinski definition) is 3. The molecule has 1 fully saturated rings. The van der Waals surface area contributed by atoms with Gasteiger partial charge >= 0.3 is 0 Å². The van der Waals surface area contributed by atoms with Gasteiger partial charge in [-0.3, -0.25) is 4.99 Å². The second-order valence-electron chi connectivity index (χ2n) is 4.15. The van der Waals surface area contributed by atoms with Gasteiger partial charge in [-0.15, -0.1) is 0 Å². The summed E-state index contributed by atoms with van der Waals surface area (Å²) in [7, 11) is 1.68. The first-order valence-corrected chi connectivity index (χ1v) is 6.83. The van der Waals surface area contributed by atoms with Gasteiger partial charge in [-0.1, -0.05) is 23.9 Å². The van der Waals surface area contributed by atoms with Gasteiger partial charge in [-0.25, -0.2) is 0 Å². The average molecular weight is 250 g/mol. The van der Waals surface area contributed by atoms with E-state index < -0.39 is 0 Å². The topological polar surface area (TPSA) is 33.6 Å². The number of benzene rings is 1. The molecule has 0 aliphatic carbocycles. The van der Waals surface area contributed by atoms with Gasteiger partial charge in [-0.2, -0.15) is 0 Å². The molecule has 1 N–H and O–H groups in total. The fraction of sp³-hybridized carbons (Fsp3) is 0.462. The maximum atomic E-state index is 5.13. The second kappa shape index (κ2) is 5.96. The molecule has 1 aliphatic heterocycles. The van der Waals surface area contributed by atoms with Gasteiger partial charge in [0.15, 0.2) is 5.17 Å². The first-order valence-electron chi connectivity index (χ1n) is 5.84. The van der Waals surface area contributed by atoms with E-state index in [1.807, 2.05) is 23.9 Å². The monoisotopic (exact) mass is 250 g/mol. The Morgan fingerprint density at radius 1 is 1.41 bits per heavy atom. The van der Waals surface area contributed by atoms with Crippen LogP contribution in [0.3, 0.4) is 0 Å². The SMILES string of the molecule is COc1ccc(CN=C2NC(C)CCS2)cc1. The number of amidine groups is 1. The number of hydrogen-bond donors (Lipinski definition) is 1. The Balaban J connectivity index is 1.93. The summed E-state index contributed by atoms with van der Waals surface area (Å²) in [6.45, 7) is 2.93. The third-order valence-corrected chi connectivity index (χ3v) is 3.68. The number of rotatable bonds is 3. The molecule has 4 heteroatoms. The van der Waals surface area contributed by atoms with Crippen molar-refractivity contribution < 1.29 is 4.74 Å². The van der Waals surface area contributed by atoms with Crippen LogP contribution in [0, 0.1) is 0 Å². The summed E-state index contributed by atoms with van der Waals surface area (Å²) in [6, 6.07) is 8.60. The molecule has 0 amide bonds. The molecule has 1 heterocycles. The third kappa shape index (κ3) is 3.66. The highest BCUT2D eigenvalue weighted by Crippen LogP contribution is 2.15. The number of thioether (sulfide) groups is 1. The molecule has 0 saturated carbocycles. The van der Waals surface area contributed by atoms with Crippen molar-refractivity contribution in [1.82, 2.24) is 5.32 Å². The number of nitrogens with one attached hydrogen (secondary N) is 1. The highest BCUT2D eigenvalue weighted by atomic mass is 32.2. The van der Waals surface area contributed by atoms with Crippen LogP contribution in [0.2, 0.25) is 0 Å². The van der Waals surface area contributed by atoms with Gasteiger partial charge < -0.3 is 10.1 Å². The molecule has 0 aromatic heterocycles. The summed E-state index contributed by atoms with van der Waals surface area (Å²) in [4.78, 5) is 4.59. The van der Waals surface area contributed by atoms with E-state index >= 15 is 0 Å². The van der Waals surface area contributed by atoms with E-state index in [9.17, 15) is 0 Å². The first kappa shape index (κ1) is 12.3. The summed E-state index contributed by atoms with van der Waals surface area (Å²) < 4.78 is 5.13. The van der Waals surface area contributed by atoms with Crippen LogP contribution in [0.4, 0.5) is 0 Å². The molecule has 0 bridgehead atoms. The predicted octanol–water partition coefficient (Wildman–Crippen LogP) is 2.67. The summed E-state index contributed by atoms with van der Waals surface area (Å²) in [6.07, 6.45) is 1.21. The second-order valence-corrected chi connectivity index (χ2v) is 5.24.